The highest BCUT2D eigenvalue weighted by Crippen LogP contribution is 2.38. The second-order valence-corrected chi connectivity index (χ2v) is 8.00. The number of nitrogens with one attached hydrogen (secondary N) is 1. The molecule has 2 aromatic carbocycles. The molecular weight excluding hydrogens is 440 g/mol. The van der Waals surface area contributed by atoms with Crippen LogP contribution in [0.5, 0.6) is 11.5 Å². The number of β-amino-alcohol motifs (C(OH)–C–C–N with tert-alkyl or cyclic N) is 1. The van der Waals surface area contributed by atoms with Crippen LogP contribution in [-0.4, -0.2) is 37.0 Å². The summed E-state index contributed by atoms with van der Waals surface area (Å²) in [6, 6.07) is 8.40. The fourth-order valence-corrected chi connectivity index (χ4v) is 2.97. The van der Waals surface area contributed by atoms with Gasteiger partial charge in [0.2, 0.25) is 0 Å². The number of aliphatic hydroxyl groups excluding tert-OH is 1. The van der Waals surface area contributed by atoms with Gasteiger partial charge in [0.1, 0.15) is 24.2 Å². The molecule has 0 aliphatic rings. The predicted octanol–water partition coefficient (Wildman–Crippen LogP) is 5.08. The van der Waals surface area contributed by atoms with E-state index in [0.717, 1.165) is 11.3 Å². The number of alkyl halides is 6. The van der Waals surface area contributed by atoms with E-state index in [0.29, 0.717) is 18.6 Å². The number of halogens is 6. The van der Waals surface area contributed by atoms with Crippen LogP contribution in [0.15, 0.2) is 42.5 Å². The highest BCUT2D eigenvalue weighted by molar-refractivity contribution is 5.37. The number of benzene rings is 2. The number of hydrogen-bond acceptors (Lipinski definition) is 4. The van der Waals surface area contributed by atoms with Crippen LogP contribution in [0.3, 0.4) is 0 Å². The van der Waals surface area contributed by atoms with Gasteiger partial charge in [-0.25, -0.2) is 0 Å². The first kappa shape index (κ1) is 25.8. The van der Waals surface area contributed by atoms with Crippen LogP contribution in [0.1, 0.15) is 30.5 Å². The van der Waals surface area contributed by atoms with Crippen LogP contribution in [0.25, 0.3) is 0 Å². The number of hydrogen-bond donors (Lipinski definition) is 2. The van der Waals surface area contributed by atoms with Gasteiger partial charge >= 0.3 is 12.4 Å². The van der Waals surface area contributed by atoms with Crippen molar-refractivity contribution in [2.75, 3.05) is 20.3 Å². The lowest BCUT2D eigenvalue weighted by Crippen LogP contribution is -2.46. The molecule has 0 bridgehead atoms. The zero-order chi connectivity index (χ0) is 24.2. The van der Waals surface area contributed by atoms with Gasteiger partial charge in [0.25, 0.3) is 0 Å². The molecule has 32 heavy (non-hydrogen) atoms. The van der Waals surface area contributed by atoms with E-state index in [9.17, 15) is 31.4 Å². The molecule has 2 N–H and O–H groups in total. The summed E-state index contributed by atoms with van der Waals surface area (Å²) in [4.78, 5) is 0. The molecule has 0 saturated heterocycles. The molecule has 0 radical (unpaired) electrons. The van der Waals surface area contributed by atoms with Gasteiger partial charge in [-0.1, -0.05) is 12.1 Å². The molecule has 0 aromatic heterocycles. The summed E-state index contributed by atoms with van der Waals surface area (Å²) in [6.07, 6.45) is -10.5. The molecule has 0 spiro atoms. The monoisotopic (exact) mass is 465 g/mol. The summed E-state index contributed by atoms with van der Waals surface area (Å²) >= 11 is 0. The van der Waals surface area contributed by atoms with Gasteiger partial charge in [0.05, 0.1) is 18.2 Å². The van der Waals surface area contributed by atoms with Crippen molar-refractivity contribution in [3.8, 4) is 11.5 Å². The quantitative estimate of drug-likeness (QED) is 0.507. The van der Waals surface area contributed by atoms with Crippen molar-refractivity contribution >= 4 is 0 Å². The maximum Gasteiger partial charge on any atom is 0.416 e. The molecule has 0 saturated carbocycles. The molecule has 10 heteroatoms. The zero-order valence-electron chi connectivity index (χ0n) is 17.8. The van der Waals surface area contributed by atoms with E-state index in [1.807, 2.05) is 38.1 Å². The third kappa shape index (κ3) is 7.90. The van der Waals surface area contributed by atoms with Crippen LogP contribution < -0.4 is 14.8 Å². The SMILES string of the molecule is COc1ccc(CC(C)(C)NCC(O)COc2cc(C(F)(F)F)cc(C(F)(F)F)c2)cc1. The maximum atomic E-state index is 12.9. The van der Waals surface area contributed by atoms with E-state index in [1.165, 1.54) is 0 Å². The van der Waals surface area contributed by atoms with Gasteiger partial charge in [-0.3, -0.25) is 0 Å². The van der Waals surface area contributed by atoms with Crippen molar-refractivity contribution in [3.05, 3.63) is 59.2 Å². The van der Waals surface area contributed by atoms with Gasteiger partial charge in [-0.2, -0.15) is 26.3 Å². The summed E-state index contributed by atoms with van der Waals surface area (Å²) in [5.41, 5.74) is -2.39. The Morgan fingerprint density at radius 3 is 1.88 bits per heavy atom. The topological polar surface area (TPSA) is 50.7 Å². The van der Waals surface area contributed by atoms with Crippen molar-refractivity contribution in [3.63, 3.8) is 0 Å². The second kappa shape index (κ2) is 9.99. The van der Waals surface area contributed by atoms with Gasteiger partial charge in [0.15, 0.2) is 0 Å². The average molecular weight is 465 g/mol. The van der Waals surface area contributed by atoms with E-state index >= 15 is 0 Å². The molecule has 2 rings (SSSR count). The molecule has 178 valence electrons. The summed E-state index contributed by atoms with van der Waals surface area (Å²) < 4.78 is 87.7. The highest BCUT2D eigenvalue weighted by Gasteiger charge is 2.37. The number of methoxy groups -OCH3 is 1. The first-order chi connectivity index (χ1) is 14.7. The molecule has 0 heterocycles. The van der Waals surface area contributed by atoms with Gasteiger partial charge < -0.3 is 19.9 Å². The zero-order valence-corrected chi connectivity index (χ0v) is 17.8. The van der Waals surface area contributed by atoms with E-state index in [1.54, 1.807) is 7.11 Å². The largest absolute Gasteiger partial charge is 0.497 e. The fraction of sp³-hybridized carbons (Fsp3) is 0.455. The number of rotatable bonds is 9. The van der Waals surface area contributed by atoms with Crippen molar-refractivity contribution in [1.82, 2.24) is 5.32 Å². The molecule has 0 amide bonds. The third-order valence-corrected chi connectivity index (χ3v) is 4.62. The summed E-state index contributed by atoms with van der Waals surface area (Å²) in [5, 5.41) is 13.2. The lowest BCUT2D eigenvalue weighted by atomic mass is 9.94. The first-order valence-corrected chi connectivity index (χ1v) is 9.68. The predicted molar refractivity (Wildman–Crippen MR) is 107 cm³/mol. The Morgan fingerprint density at radius 2 is 1.41 bits per heavy atom. The molecule has 1 unspecified atom stereocenters. The normalized spacial score (nSPS) is 13.7. The van der Waals surface area contributed by atoms with Crippen molar-refractivity contribution in [2.45, 2.75) is 44.3 Å². The Bertz CT molecular complexity index is 846. The van der Waals surface area contributed by atoms with Crippen LogP contribution in [0.2, 0.25) is 0 Å². The van der Waals surface area contributed by atoms with Crippen molar-refractivity contribution in [2.24, 2.45) is 0 Å². The average Bonchev–Trinajstić information content (AvgIpc) is 2.69. The minimum Gasteiger partial charge on any atom is -0.497 e. The van der Waals surface area contributed by atoms with Crippen LogP contribution in [0, 0.1) is 0 Å². The summed E-state index contributed by atoms with van der Waals surface area (Å²) in [5.74, 6) is 0.0963. The fourth-order valence-electron chi connectivity index (χ4n) is 2.97. The van der Waals surface area contributed by atoms with Crippen LogP contribution in [0.4, 0.5) is 26.3 Å². The van der Waals surface area contributed by atoms with E-state index < -0.39 is 47.5 Å². The minimum absolute atomic E-state index is 0.0204. The molecule has 2 aromatic rings. The lowest BCUT2D eigenvalue weighted by Gasteiger charge is -2.28. The molecular formula is C22H25F6NO3. The highest BCUT2D eigenvalue weighted by atomic mass is 19.4. The van der Waals surface area contributed by atoms with E-state index in [4.69, 9.17) is 9.47 Å². The van der Waals surface area contributed by atoms with Crippen molar-refractivity contribution in [1.29, 1.82) is 0 Å². The molecule has 0 fully saturated rings. The number of aliphatic hydroxyl groups is 1. The molecule has 4 nitrogen and oxygen atoms in total. The van der Waals surface area contributed by atoms with E-state index in [2.05, 4.69) is 5.32 Å². The van der Waals surface area contributed by atoms with Gasteiger partial charge in [0, 0.05) is 12.1 Å². The molecule has 0 aliphatic carbocycles. The van der Waals surface area contributed by atoms with Gasteiger partial charge in [-0.15, -0.1) is 0 Å². The Kier molecular flexibility index (Phi) is 8.06. The van der Waals surface area contributed by atoms with Crippen LogP contribution in [-0.2, 0) is 18.8 Å². The Balaban J connectivity index is 1.96. The Morgan fingerprint density at radius 1 is 0.875 bits per heavy atom. The van der Waals surface area contributed by atoms with E-state index in [-0.39, 0.29) is 12.6 Å². The molecule has 0 aliphatic heterocycles. The van der Waals surface area contributed by atoms with Crippen molar-refractivity contribution < 1.29 is 40.9 Å². The maximum absolute atomic E-state index is 12.9. The lowest BCUT2D eigenvalue weighted by molar-refractivity contribution is -0.143. The third-order valence-electron chi connectivity index (χ3n) is 4.62. The molecule has 1 atom stereocenters. The summed E-state index contributed by atoms with van der Waals surface area (Å²) in [6.45, 7) is 3.33. The Labute approximate surface area is 182 Å². The second-order valence-electron chi connectivity index (χ2n) is 8.00. The standard InChI is InChI=1S/C22H25F6NO3/c1-20(2,11-14-4-6-18(31-3)7-5-14)29-12-17(30)13-32-19-9-15(21(23,24)25)8-16(10-19)22(26,27)28/h4-10,17,29-30H,11-13H2,1-3H3. The minimum atomic E-state index is -4.97. The number of ether oxygens (including phenoxy) is 2. The van der Waals surface area contributed by atoms with Crippen LogP contribution >= 0.6 is 0 Å². The first-order valence-electron chi connectivity index (χ1n) is 9.68. The Hall–Kier alpha value is -2.46. The van der Waals surface area contributed by atoms with Gasteiger partial charge in [-0.05, 0) is 56.2 Å². The smallest absolute Gasteiger partial charge is 0.416 e. The summed E-state index contributed by atoms with van der Waals surface area (Å²) in [7, 11) is 1.56.